The number of alkyl halides is 2. The molecule has 0 aromatic carbocycles. The molecule has 0 saturated heterocycles. The van der Waals surface area contributed by atoms with E-state index in [9.17, 15) is 28.0 Å². The lowest BCUT2D eigenvalue weighted by Gasteiger charge is -2.15. The van der Waals surface area contributed by atoms with Gasteiger partial charge in [-0.2, -0.15) is 0 Å². The second-order valence-corrected chi connectivity index (χ2v) is 5.48. The van der Waals surface area contributed by atoms with Crippen molar-refractivity contribution >= 4 is 23.9 Å². The van der Waals surface area contributed by atoms with E-state index in [1.54, 1.807) is 0 Å². The molecule has 8 nitrogen and oxygen atoms in total. The molecule has 0 rings (SSSR count). The lowest BCUT2D eigenvalue weighted by Crippen LogP contribution is -2.28. The molecule has 10 heteroatoms. The van der Waals surface area contributed by atoms with E-state index in [2.05, 4.69) is 32.1 Å². The van der Waals surface area contributed by atoms with E-state index in [0.29, 0.717) is 0 Å². The summed E-state index contributed by atoms with van der Waals surface area (Å²) in [5, 5.41) is 0. The van der Waals surface area contributed by atoms with Crippen LogP contribution in [0.15, 0.2) is 24.3 Å². The van der Waals surface area contributed by atoms with Crippen LogP contribution >= 0.6 is 0 Å². The Kier molecular flexibility index (Phi) is 10.6. The van der Waals surface area contributed by atoms with Gasteiger partial charge in [0, 0.05) is 11.1 Å². The number of rotatable bonds is 12. The Morgan fingerprint density at radius 3 is 1.30 bits per heavy atom. The summed E-state index contributed by atoms with van der Waals surface area (Å²) in [6, 6.07) is 0. The monoisotopic (exact) mass is 392 g/mol. The van der Waals surface area contributed by atoms with Crippen LogP contribution in [-0.4, -0.2) is 56.2 Å². The fourth-order valence-corrected chi connectivity index (χ4v) is 1.41. The van der Waals surface area contributed by atoms with Gasteiger partial charge in [-0.05, 0) is 13.8 Å². The normalized spacial score (nSPS) is 10.5. The SMILES string of the molecule is C=C(C)C(=O)OCCOC(=O)CC(F)(F)CC(=O)OCCOC(=O)C(=C)C. The highest BCUT2D eigenvalue weighted by Gasteiger charge is 2.36. The molecule has 0 saturated carbocycles. The van der Waals surface area contributed by atoms with Crippen molar-refractivity contribution in [3.05, 3.63) is 24.3 Å². The van der Waals surface area contributed by atoms with Crippen molar-refractivity contribution in [3.8, 4) is 0 Å². The van der Waals surface area contributed by atoms with Crippen molar-refractivity contribution in [3.63, 3.8) is 0 Å². The second-order valence-electron chi connectivity index (χ2n) is 5.48. The molecule has 0 spiro atoms. The van der Waals surface area contributed by atoms with Crippen molar-refractivity contribution in [2.45, 2.75) is 32.6 Å². The molecule has 0 atom stereocenters. The highest BCUT2D eigenvalue weighted by Crippen LogP contribution is 2.24. The lowest BCUT2D eigenvalue weighted by atomic mass is 10.2. The molecule has 0 radical (unpaired) electrons. The number of carbonyl (C=O) groups excluding carboxylic acids is 4. The maximum absolute atomic E-state index is 13.6. The van der Waals surface area contributed by atoms with Crippen LogP contribution in [0.25, 0.3) is 0 Å². The molecule has 0 fully saturated rings. The summed E-state index contributed by atoms with van der Waals surface area (Å²) in [6.45, 7) is 8.06. The zero-order chi connectivity index (χ0) is 21.0. The summed E-state index contributed by atoms with van der Waals surface area (Å²) in [5.74, 6) is -7.62. The van der Waals surface area contributed by atoms with Gasteiger partial charge >= 0.3 is 23.9 Å². The zero-order valence-corrected chi connectivity index (χ0v) is 15.2. The van der Waals surface area contributed by atoms with Gasteiger partial charge in [-0.25, -0.2) is 18.4 Å². The van der Waals surface area contributed by atoms with E-state index in [1.165, 1.54) is 13.8 Å². The van der Waals surface area contributed by atoms with Crippen LogP contribution in [0.5, 0.6) is 0 Å². The van der Waals surface area contributed by atoms with E-state index < -0.39 is 55.9 Å². The molecule has 0 unspecified atom stereocenters. The minimum Gasteiger partial charge on any atom is -0.462 e. The van der Waals surface area contributed by atoms with Crippen LogP contribution in [0, 0.1) is 0 Å². The van der Waals surface area contributed by atoms with E-state index in [1.807, 2.05) is 0 Å². The molecule has 0 heterocycles. The minimum atomic E-state index is -3.68. The van der Waals surface area contributed by atoms with Gasteiger partial charge in [-0.3, -0.25) is 9.59 Å². The Hall–Kier alpha value is -2.78. The van der Waals surface area contributed by atoms with Gasteiger partial charge in [0.1, 0.15) is 39.3 Å². The van der Waals surface area contributed by atoms with Crippen molar-refractivity contribution in [2.24, 2.45) is 0 Å². The van der Waals surface area contributed by atoms with Crippen molar-refractivity contribution in [2.75, 3.05) is 26.4 Å². The first-order chi connectivity index (χ1) is 12.4. The third-order valence-electron chi connectivity index (χ3n) is 2.66. The number of esters is 4. The summed E-state index contributed by atoms with van der Waals surface area (Å²) in [7, 11) is 0. The second kappa shape index (κ2) is 11.8. The summed E-state index contributed by atoms with van der Waals surface area (Å²) >= 11 is 0. The molecular formula is C17H22F2O8. The first kappa shape index (κ1) is 24.2. The van der Waals surface area contributed by atoms with Crippen LogP contribution < -0.4 is 0 Å². The van der Waals surface area contributed by atoms with E-state index >= 15 is 0 Å². The average molecular weight is 392 g/mol. The molecule has 0 aliphatic heterocycles. The largest absolute Gasteiger partial charge is 0.462 e. The lowest BCUT2D eigenvalue weighted by molar-refractivity contribution is -0.163. The topological polar surface area (TPSA) is 105 Å². The van der Waals surface area contributed by atoms with Crippen LogP contribution in [0.4, 0.5) is 8.78 Å². The van der Waals surface area contributed by atoms with Crippen molar-refractivity contribution in [1.82, 2.24) is 0 Å². The fourth-order valence-electron chi connectivity index (χ4n) is 1.41. The summed E-state index contributed by atoms with van der Waals surface area (Å²) in [4.78, 5) is 44.8. The minimum absolute atomic E-state index is 0.140. The molecule has 27 heavy (non-hydrogen) atoms. The Balaban J connectivity index is 4.05. The number of ether oxygens (including phenoxy) is 4. The molecule has 0 N–H and O–H groups in total. The fraction of sp³-hybridized carbons (Fsp3) is 0.529. The van der Waals surface area contributed by atoms with Crippen molar-refractivity contribution in [1.29, 1.82) is 0 Å². The van der Waals surface area contributed by atoms with Crippen molar-refractivity contribution < 1.29 is 46.9 Å². The molecule has 0 bridgehead atoms. The van der Waals surface area contributed by atoms with Crippen LogP contribution in [0.2, 0.25) is 0 Å². The van der Waals surface area contributed by atoms with Gasteiger partial charge in [0.2, 0.25) is 0 Å². The standard InChI is InChI=1S/C17H22F2O8/c1-11(2)15(22)26-7-5-24-13(20)9-17(18,19)10-14(21)25-6-8-27-16(23)12(3)4/h1,3,5-10H2,2,4H3. The van der Waals surface area contributed by atoms with Gasteiger partial charge in [0.05, 0.1) is 0 Å². The molecule has 0 aliphatic carbocycles. The van der Waals surface area contributed by atoms with E-state index in [4.69, 9.17) is 0 Å². The molecule has 0 amide bonds. The van der Waals surface area contributed by atoms with Gasteiger partial charge in [-0.15, -0.1) is 0 Å². The Labute approximate surface area is 155 Å². The third kappa shape index (κ3) is 12.2. The molecule has 152 valence electrons. The number of hydrogen-bond acceptors (Lipinski definition) is 8. The number of hydrogen-bond donors (Lipinski definition) is 0. The number of carbonyl (C=O) groups is 4. The zero-order valence-electron chi connectivity index (χ0n) is 15.2. The Morgan fingerprint density at radius 2 is 1.00 bits per heavy atom. The van der Waals surface area contributed by atoms with Crippen LogP contribution in [0.3, 0.4) is 0 Å². The van der Waals surface area contributed by atoms with Gasteiger partial charge in [0.25, 0.3) is 5.92 Å². The summed E-state index contributed by atoms with van der Waals surface area (Å²) < 4.78 is 45.5. The van der Waals surface area contributed by atoms with Gasteiger partial charge < -0.3 is 18.9 Å². The van der Waals surface area contributed by atoms with E-state index in [0.717, 1.165) is 0 Å². The van der Waals surface area contributed by atoms with Gasteiger partial charge in [0.15, 0.2) is 0 Å². The third-order valence-corrected chi connectivity index (χ3v) is 2.66. The van der Waals surface area contributed by atoms with Crippen LogP contribution in [0.1, 0.15) is 26.7 Å². The summed E-state index contributed by atoms with van der Waals surface area (Å²) in [6.07, 6.45) is -2.69. The maximum Gasteiger partial charge on any atom is 0.333 e. The predicted molar refractivity (Wildman–Crippen MR) is 87.6 cm³/mol. The molecule has 0 aliphatic rings. The average Bonchev–Trinajstić information content (AvgIpc) is 2.53. The van der Waals surface area contributed by atoms with Gasteiger partial charge in [-0.1, -0.05) is 13.2 Å². The highest BCUT2D eigenvalue weighted by atomic mass is 19.3. The summed E-state index contributed by atoms with van der Waals surface area (Å²) in [5.41, 5.74) is 0.279. The first-order valence-corrected chi connectivity index (χ1v) is 7.79. The first-order valence-electron chi connectivity index (χ1n) is 7.79. The van der Waals surface area contributed by atoms with Crippen LogP contribution in [-0.2, 0) is 38.1 Å². The Morgan fingerprint density at radius 1 is 0.704 bits per heavy atom. The number of halogens is 2. The highest BCUT2D eigenvalue weighted by molar-refractivity contribution is 5.87. The quantitative estimate of drug-likeness (QED) is 0.214. The maximum atomic E-state index is 13.6. The predicted octanol–water partition coefficient (Wildman–Crippen LogP) is 1.73. The Bertz CT molecular complexity index is 548. The molecule has 0 aromatic rings. The van der Waals surface area contributed by atoms with E-state index in [-0.39, 0.29) is 24.4 Å². The molecular weight excluding hydrogens is 370 g/mol. The smallest absolute Gasteiger partial charge is 0.333 e. The molecule has 0 aromatic heterocycles.